The first-order valence-corrected chi connectivity index (χ1v) is 35.6. The molecule has 0 saturated carbocycles. The van der Waals surface area contributed by atoms with Crippen molar-refractivity contribution in [2.75, 3.05) is 39.6 Å². The van der Waals surface area contributed by atoms with Gasteiger partial charge in [0.25, 0.3) is 0 Å². The Morgan fingerprint density at radius 1 is 0.333 bits per heavy atom. The summed E-state index contributed by atoms with van der Waals surface area (Å²) in [6, 6.07) is 0. The Balaban J connectivity index is 5.22. The molecular formula is C62H120O17P2. The number of aliphatic hydroxyl groups excluding tert-OH is 1. The number of carbonyl (C=O) groups is 4. The first kappa shape index (κ1) is 79.1. The Hall–Kier alpha value is -1.94. The molecule has 2 unspecified atom stereocenters. The van der Waals surface area contributed by atoms with E-state index in [4.69, 9.17) is 37.0 Å². The smallest absolute Gasteiger partial charge is 0.462 e. The van der Waals surface area contributed by atoms with Crippen LogP contribution in [0.4, 0.5) is 0 Å². The molecule has 0 saturated heterocycles. The molecule has 0 aliphatic carbocycles. The quantitative estimate of drug-likeness (QED) is 0.0222. The highest BCUT2D eigenvalue weighted by atomic mass is 31.2. The van der Waals surface area contributed by atoms with Gasteiger partial charge in [-0.25, -0.2) is 9.13 Å². The van der Waals surface area contributed by atoms with Gasteiger partial charge in [0.15, 0.2) is 12.2 Å². The van der Waals surface area contributed by atoms with Crippen LogP contribution in [0.2, 0.25) is 0 Å². The maximum absolute atomic E-state index is 12.9. The molecule has 0 aliphatic rings. The molecule has 5 atom stereocenters. The van der Waals surface area contributed by atoms with E-state index in [9.17, 15) is 43.2 Å². The summed E-state index contributed by atoms with van der Waals surface area (Å²) in [4.78, 5) is 72.0. The average Bonchev–Trinajstić information content (AvgIpc) is 3.43. The van der Waals surface area contributed by atoms with Crippen LogP contribution in [0.1, 0.15) is 311 Å². The zero-order chi connectivity index (χ0) is 59.9. The second kappa shape index (κ2) is 55.9. The van der Waals surface area contributed by atoms with Crippen molar-refractivity contribution in [3.8, 4) is 0 Å². The summed E-state index contributed by atoms with van der Waals surface area (Å²) in [6.45, 7) is 7.09. The lowest BCUT2D eigenvalue weighted by Crippen LogP contribution is -2.30. The zero-order valence-corrected chi connectivity index (χ0v) is 53.7. The molecule has 0 aromatic carbocycles. The first-order valence-electron chi connectivity index (χ1n) is 32.6. The number of phosphoric ester groups is 2. The van der Waals surface area contributed by atoms with E-state index in [1.807, 2.05) is 0 Å². The Morgan fingerprint density at radius 3 is 0.840 bits per heavy atom. The summed E-state index contributed by atoms with van der Waals surface area (Å²) in [6.07, 6.45) is 39.0. The fourth-order valence-corrected chi connectivity index (χ4v) is 10.8. The molecule has 0 rings (SSSR count). The highest BCUT2D eigenvalue weighted by Crippen LogP contribution is 2.45. The van der Waals surface area contributed by atoms with Gasteiger partial charge in [0.05, 0.1) is 26.4 Å². The lowest BCUT2D eigenvalue weighted by molar-refractivity contribution is -0.161. The van der Waals surface area contributed by atoms with Crippen LogP contribution in [0.25, 0.3) is 0 Å². The molecule has 0 heterocycles. The van der Waals surface area contributed by atoms with Crippen LogP contribution in [-0.4, -0.2) is 96.7 Å². The van der Waals surface area contributed by atoms with Crippen LogP contribution >= 0.6 is 15.6 Å². The van der Waals surface area contributed by atoms with E-state index in [1.54, 1.807) is 0 Å². The van der Waals surface area contributed by atoms with Crippen LogP contribution in [0.5, 0.6) is 0 Å². The molecule has 0 spiro atoms. The minimum atomic E-state index is -4.94. The third-order valence-corrected chi connectivity index (χ3v) is 16.2. The molecule has 0 fully saturated rings. The zero-order valence-electron chi connectivity index (χ0n) is 51.9. The van der Waals surface area contributed by atoms with Crippen molar-refractivity contribution >= 4 is 39.5 Å². The molecule has 3 N–H and O–H groups in total. The van der Waals surface area contributed by atoms with Crippen LogP contribution in [0.3, 0.4) is 0 Å². The minimum Gasteiger partial charge on any atom is -0.462 e. The van der Waals surface area contributed by atoms with Crippen molar-refractivity contribution in [1.29, 1.82) is 0 Å². The predicted octanol–water partition coefficient (Wildman–Crippen LogP) is 17.0. The molecule has 480 valence electrons. The molecule has 0 aromatic rings. The van der Waals surface area contributed by atoms with Crippen molar-refractivity contribution in [3.63, 3.8) is 0 Å². The van der Waals surface area contributed by atoms with Gasteiger partial charge in [0.2, 0.25) is 0 Å². The van der Waals surface area contributed by atoms with Crippen molar-refractivity contribution in [2.24, 2.45) is 5.92 Å². The molecule has 0 radical (unpaired) electrons. The van der Waals surface area contributed by atoms with Crippen LogP contribution in [-0.2, 0) is 65.4 Å². The molecule has 17 nitrogen and oxygen atoms in total. The Kier molecular flexibility index (Phi) is 54.6. The number of esters is 4. The number of hydrogen-bond acceptors (Lipinski definition) is 15. The highest BCUT2D eigenvalue weighted by molar-refractivity contribution is 7.47. The van der Waals surface area contributed by atoms with Gasteiger partial charge < -0.3 is 33.8 Å². The SMILES string of the molecule is CCCCCCCCCCCCCCCC(=O)O[C@H](COC(=O)CCCCCCCCCC(C)C)COP(=O)(O)OC[C@@H](O)COP(=O)(O)OC[C@@H](COC(=O)CCCCCCCCCC)OC(=O)CCCCCCCCCCCC. The molecular weight excluding hydrogens is 1080 g/mol. The molecule has 0 aliphatic heterocycles. The summed E-state index contributed by atoms with van der Waals surface area (Å²) >= 11 is 0. The van der Waals surface area contributed by atoms with Crippen molar-refractivity contribution < 1.29 is 80.2 Å². The maximum atomic E-state index is 12.9. The number of hydrogen-bond donors (Lipinski definition) is 3. The molecule has 0 aromatic heterocycles. The third kappa shape index (κ3) is 56.9. The van der Waals surface area contributed by atoms with Crippen LogP contribution in [0, 0.1) is 5.92 Å². The van der Waals surface area contributed by atoms with Gasteiger partial charge in [-0.05, 0) is 31.6 Å². The van der Waals surface area contributed by atoms with Gasteiger partial charge >= 0.3 is 39.5 Å². The van der Waals surface area contributed by atoms with E-state index >= 15 is 0 Å². The summed E-state index contributed by atoms with van der Waals surface area (Å²) in [5.74, 6) is -1.43. The fraction of sp³-hybridized carbons (Fsp3) is 0.935. The lowest BCUT2D eigenvalue weighted by Gasteiger charge is -2.21. The minimum absolute atomic E-state index is 0.106. The number of aliphatic hydroxyl groups is 1. The Labute approximate surface area is 492 Å². The van der Waals surface area contributed by atoms with E-state index in [1.165, 1.54) is 122 Å². The number of carbonyl (C=O) groups excluding carboxylic acids is 4. The van der Waals surface area contributed by atoms with Crippen LogP contribution in [0.15, 0.2) is 0 Å². The Morgan fingerprint density at radius 2 is 0.568 bits per heavy atom. The maximum Gasteiger partial charge on any atom is 0.472 e. The van der Waals surface area contributed by atoms with E-state index in [-0.39, 0.29) is 25.7 Å². The normalized spacial score (nSPS) is 14.3. The monoisotopic (exact) mass is 1200 g/mol. The van der Waals surface area contributed by atoms with Gasteiger partial charge in [-0.3, -0.25) is 37.3 Å². The summed E-state index contributed by atoms with van der Waals surface area (Å²) in [5, 5.41) is 10.5. The van der Waals surface area contributed by atoms with E-state index < -0.39 is 97.5 Å². The number of phosphoric acid groups is 2. The van der Waals surface area contributed by atoms with Gasteiger partial charge in [-0.2, -0.15) is 0 Å². The topological polar surface area (TPSA) is 237 Å². The average molecular weight is 1200 g/mol. The number of ether oxygens (including phenoxy) is 4. The standard InChI is InChI=1S/C62H120O17P2/c1-6-9-12-15-18-21-23-24-25-27-32-38-43-48-62(67)79-58(52-73-60(65)46-41-36-33-28-29-34-39-44-55(4)5)54-77-81(70,71)75-50-56(63)49-74-80(68,69)76-53-57(51-72-59(64)45-40-35-30-20-17-14-11-8-3)78-61(66)47-42-37-31-26-22-19-16-13-10-7-2/h55-58,63H,6-54H2,1-5H3,(H,68,69)(H,70,71)/t56-,57+,58+/m0/s1. The van der Waals surface area contributed by atoms with E-state index in [0.717, 1.165) is 103 Å². The number of unbranched alkanes of at least 4 members (excludes halogenated alkanes) is 34. The van der Waals surface area contributed by atoms with Gasteiger partial charge in [0, 0.05) is 25.7 Å². The third-order valence-electron chi connectivity index (χ3n) is 14.3. The largest absolute Gasteiger partial charge is 0.472 e. The molecule has 0 amide bonds. The predicted molar refractivity (Wildman–Crippen MR) is 322 cm³/mol. The van der Waals surface area contributed by atoms with Crippen molar-refractivity contribution in [2.45, 2.75) is 329 Å². The molecule has 81 heavy (non-hydrogen) atoms. The van der Waals surface area contributed by atoms with Gasteiger partial charge in [0.1, 0.15) is 19.3 Å². The van der Waals surface area contributed by atoms with E-state index in [2.05, 4.69) is 34.6 Å². The summed E-state index contributed by atoms with van der Waals surface area (Å²) in [5.41, 5.74) is 0. The van der Waals surface area contributed by atoms with Crippen LogP contribution < -0.4 is 0 Å². The van der Waals surface area contributed by atoms with Crippen molar-refractivity contribution in [3.05, 3.63) is 0 Å². The number of rotatable bonds is 62. The fourth-order valence-electron chi connectivity index (χ4n) is 9.23. The second-order valence-corrected chi connectivity index (χ2v) is 25.8. The molecule has 0 bridgehead atoms. The first-order chi connectivity index (χ1) is 39.0. The Bertz CT molecular complexity index is 1580. The summed E-state index contributed by atoms with van der Waals surface area (Å²) in [7, 11) is -9.88. The second-order valence-electron chi connectivity index (χ2n) is 22.9. The lowest BCUT2D eigenvalue weighted by atomic mass is 10.0. The molecule has 19 heteroatoms. The van der Waals surface area contributed by atoms with E-state index in [0.29, 0.717) is 31.6 Å². The highest BCUT2D eigenvalue weighted by Gasteiger charge is 2.30. The van der Waals surface area contributed by atoms with Gasteiger partial charge in [-0.15, -0.1) is 0 Å². The van der Waals surface area contributed by atoms with Crippen molar-refractivity contribution in [1.82, 2.24) is 0 Å². The summed E-state index contributed by atoms with van der Waals surface area (Å²) < 4.78 is 67.8. The van der Waals surface area contributed by atoms with Gasteiger partial charge in [-0.1, -0.05) is 259 Å².